The average molecular weight is 244 g/mol. The van der Waals surface area contributed by atoms with Crippen LogP contribution in [0.4, 0.5) is 16.2 Å². The van der Waals surface area contributed by atoms with E-state index < -0.39 is 0 Å². The van der Waals surface area contributed by atoms with Crippen molar-refractivity contribution in [2.24, 2.45) is 0 Å². The van der Waals surface area contributed by atoms with Crippen LogP contribution in [0.15, 0.2) is 42.9 Å². The average Bonchev–Trinajstić information content (AvgIpc) is 2.40. The Labute approximate surface area is 104 Å². The van der Waals surface area contributed by atoms with E-state index in [4.69, 9.17) is 4.74 Å². The van der Waals surface area contributed by atoms with Crippen LogP contribution in [0.1, 0.15) is 0 Å². The Bertz CT molecular complexity index is 531. The zero-order valence-corrected chi connectivity index (χ0v) is 9.75. The molecule has 2 amide bonds. The number of nitrogens with one attached hydrogen (secondary N) is 2. The van der Waals surface area contributed by atoms with Gasteiger partial charge in [-0.3, -0.25) is 0 Å². The SMILES string of the molecule is COc1ncncc1NC(=O)Nc1ccccc1. The van der Waals surface area contributed by atoms with Crippen molar-refractivity contribution >= 4 is 17.4 Å². The third kappa shape index (κ3) is 2.94. The standard InChI is InChI=1S/C12H12N4O2/c1-18-11-10(7-13-8-14-11)16-12(17)15-9-5-3-2-4-6-9/h2-8H,1H3,(H2,15,16,17). The third-order valence-corrected chi connectivity index (χ3v) is 2.15. The number of urea groups is 1. The van der Waals surface area contributed by atoms with Crippen LogP contribution < -0.4 is 15.4 Å². The number of nitrogens with zero attached hydrogens (tertiary/aromatic N) is 2. The molecule has 2 N–H and O–H groups in total. The number of hydrogen-bond donors (Lipinski definition) is 2. The van der Waals surface area contributed by atoms with Crippen molar-refractivity contribution in [3.05, 3.63) is 42.9 Å². The number of rotatable bonds is 3. The summed E-state index contributed by atoms with van der Waals surface area (Å²) < 4.78 is 5.00. The van der Waals surface area contributed by atoms with E-state index >= 15 is 0 Å². The van der Waals surface area contributed by atoms with E-state index in [-0.39, 0.29) is 6.03 Å². The maximum atomic E-state index is 11.7. The second-order valence-corrected chi connectivity index (χ2v) is 3.39. The number of para-hydroxylation sites is 1. The minimum Gasteiger partial charge on any atom is -0.479 e. The lowest BCUT2D eigenvalue weighted by Gasteiger charge is -2.09. The Morgan fingerprint density at radius 1 is 1.22 bits per heavy atom. The molecule has 6 heteroatoms. The minimum absolute atomic E-state index is 0.313. The number of aromatic nitrogens is 2. The molecule has 2 aromatic rings. The topological polar surface area (TPSA) is 76.1 Å². The Kier molecular flexibility index (Phi) is 3.70. The van der Waals surface area contributed by atoms with Crippen LogP contribution >= 0.6 is 0 Å². The van der Waals surface area contributed by atoms with E-state index in [1.165, 1.54) is 19.6 Å². The van der Waals surface area contributed by atoms with Crippen LogP contribution in [0.3, 0.4) is 0 Å². The highest BCUT2D eigenvalue weighted by atomic mass is 16.5. The van der Waals surface area contributed by atoms with Crippen LogP contribution in [-0.2, 0) is 0 Å². The molecule has 0 aliphatic carbocycles. The summed E-state index contributed by atoms with van der Waals surface area (Å²) in [4.78, 5) is 19.4. The van der Waals surface area contributed by atoms with Crippen molar-refractivity contribution in [3.8, 4) is 5.88 Å². The minimum atomic E-state index is -0.380. The quantitative estimate of drug-likeness (QED) is 0.867. The first kappa shape index (κ1) is 11.8. The number of ether oxygens (including phenoxy) is 1. The predicted molar refractivity (Wildman–Crippen MR) is 67.7 cm³/mol. The van der Waals surface area contributed by atoms with E-state index in [9.17, 15) is 4.79 Å². The van der Waals surface area contributed by atoms with Crippen LogP contribution in [0.5, 0.6) is 5.88 Å². The first-order valence-electron chi connectivity index (χ1n) is 5.26. The fraction of sp³-hybridized carbons (Fsp3) is 0.0833. The highest BCUT2D eigenvalue weighted by molar-refractivity contribution is 6.00. The molecule has 0 aliphatic rings. The number of amides is 2. The van der Waals surface area contributed by atoms with E-state index in [1.807, 2.05) is 18.2 Å². The molecule has 0 saturated carbocycles. The summed E-state index contributed by atoms with van der Waals surface area (Å²) in [6.45, 7) is 0. The molecule has 0 saturated heterocycles. The number of hydrogen-bond acceptors (Lipinski definition) is 4. The van der Waals surface area contributed by atoms with E-state index in [0.29, 0.717) is 17.3 Å². The molecule has 0 bridgehead atoms. The summed E-state index contributed by atoms with van der Waals surface area (Å²) in [5.74, 6) is 0.313. The van der Waals surface area contributed by atoms with Crippen LogP contribution in [0, 0.1) is 0 Å². The molecule has 6 nitrogen and oxygen atoms in total. The van der Waals surface area contributed by atoms with Gasteiger partial charge in [0.05, 0.1) is 13.3 Å². The number of methoxy groups -OCH3 is 1. The zero-order chi connectivity index (χ0) is 12.8. The van der Waals surface area contributed by atoms with Gasteiger partial charge in [-0.1, -0.05) is 18.2 Å². The highest BCUT2D eigenvalue weighted by Gasteiger charge is 2.08. The molecule has 2 rings (SSSR count). The molecule has 0 unspecified atom stereocenters. The monoisotopic (exact) mass is 244 g/mol. The number of carbonyl (C=O) groups is 1. The van der Waals surface area contributed by atoms with Gasteiger partial charge in [0, 0.05) is 5.69 Å². The summed E-state index contributed by atoms with van der Waals surface area (Å²) in [6, 6.07) is 8.74. The lowest BCUT2D eigenvalue weighted by atomic mass is 10.3. The second kappa shape index (κ2) is 5.62. The van der Waals surface area contributed by atoms with Gasteiger partial charge in [0.15, 0.2) is 0 Å². The lowest BCUT2D eigenvalue weighted by molar-refractivity contribution is 0.262. The normalized spacial score (nSPS) is 9.61. The predicted octanol–water partition coefficient (Wildman–Crippen LogP) is 2.13. The summed E-state index contributed by atoms with van der Waals surface area (Å²) in [6.07, 6.45) is 2.82. The Morgan fingerprint density at radius 2 is 2.00 bits per heavy atom. The van der Waals surface area contributed by atoms with Crippen molar-refractivity contribution in [2.75, 3.05) is 17.7 Å². The van der Waals surface area contributed by atoms with Gasteiger partial charge in [0.2, 0.25) is 5.88 Å². The Hall–Kier alpha value is -2.63. The third-order valence-electron chi connectivity index (χ3n) is 2.15. The summed E-state index contributed by atoms with van der Waals surface area (Å²) in [5.41, 5.74) is 1.11. The molecular weight excluding hydrogens is 232 g/mol. The number of carbonyl (C=O) groups excluding carboxylic acids is 1. The fourth-order valence-electron chi connectivity index (χ4n) is 1.37. The second-order valence-electron chi connectivity index (χ2n) is 3.39. The van der Waals surface area contributed by atoms with Gasteiger partial charge in [-0.05, 0) is 12.1 Å². The molecule has 1 heterocycles. The highest BCUT2D eigenvalue weighted by Crippen LogP contribution is 2.18. The van der Waals surface area contributed by atoms with Crippen LogP contribution in [-0.4, -0.2) is 23.1 Å². The first-order valence-corrected chi connectivity index (χ1v) is 5.26. The first-order chi connectivity index (χ1) is 8.79. The molecule has 1 aromatic heterocycles. The molecule has 0 atom stereocenters. The molecule has 92 valence electrons. The largest absolute Gasteiger partial charge is 0.479 e. The van der Waals surface area contributed by atoms with E-state index in [2.05, 4.69) is 20.6 Å². The smallest absolute Gasteiger partial charge is 0.323 e. The van der Waals surface area contributed by atoms with Crippen LogP contribution in [0.25, 0.3) is 0 Å². The van der Waals surface area contributed by atoms with Gasteiger partial charge >= 0.3 is 6.03 Å². The Balaban J connectivity index is 2.03. The van der Waals surface area contributed by atoms with Crippen molar-refractivity contribution < 1.29 is 9.53 Å². The molecular formula is C12H12N4O2. The van der Waals surface area contributed by atoms with Crippen molar-refractivity contribution in [1.82, 2.24) is 9.97 Å². The fourth-order valence-corrected chi connectivity index (χ4v) is 1.37. The van der Waals surface area contributed by atoms with Crippen molar-refractivity contribution in [2.45, 2.75) is 0 Å². The van der Waals surface area contributed by atoms with Crippen molar-refractivity contribution in [1.29, 1.82) is 0 Å². The van der Waals surface area contributed by atoms with Gasteiger partial charge in [0.25, 0.3) is 0 Å². The van der Waals surface area contributed by atoms with Gasteiger partial charge in [-0.25, -0.2) is 9.78 Å². The van der Waals surface area contributed by atoms with E-state index in [1.54, 1.807) is 12.1 Å². The van der Waals surface area contributed by atoms with Gasteiger partial charge in [0.1, 0.15) is 12.0 Å². The summed E-state index contributed by atoms with van der Waals surface area (Å²) in [7, 11) is 1.47. The summed E-state index contributed by atoms with van der Waals surface area (Å²) >= 11 is 0. The van der Waals surface area contributed by atoms with Gasteiger partial charge in [-0.15, -0.1) is 0 Å². The van der Waals surface area contributed by atoms with E-state index in [0.717, 1.165) is 0 Å². The van der Waals surface area contributed by atoms with Gasteiger partial charge in [-0.2, -0.15) is 4.98 Å². The Morgan fingerprint density at radius 3 is 2.72 bits per heavy atom. The van der Waals surface area contributed by atoms with Gasteiger partial charge < -0.3 is 15.4 Å². The summed E-state index contributed by atoms with van der Waals surface area (Å²) in [5, 5.41) is 5.29. The molecule has 0 radical (unpaired) electrons. The van der Waals surface area contributed by atoms with Crippen molar-refractivity contribution in [3.63, 3.8) is 0 Å². The van der Waals surface area contributed by atoms with Crippen LogP contribution in [0.2, 0.25) is 0 Å². The maximum Gasteiger partial charge on any atom is 0.323 e. The molecule has 0 aliphatic heterocycles. The lowest BCUT2D eigenvalue weighted by Crippen LogP contribution is -2.20. The molecule has 0 spiro atoms. The maximum absolute atomic E-state index is 11.7. The number of benzene rings is 1. The molecule has 1 aromatic carbocycles. The zero-order valence-electron chi connectivity index (χ0n) is 9.75. The molecule has 0 fully saturated rings. The molecule has 18 heavy (non-hydrogen) atoms. The number of anilines is 2.